The highest BCUT2D eigenvalue weighted by atomic mass is 32.2. The number of nitro benzene ring substituents is 2. The number of aryl methyl sites for hydroxylation is 1. The minimum Gasteiger partial charge on any atom is -0.271 e. The molecule has 0 amide bonds. The van der Waals surface area contributed by atoms with Crippen LogP contribution in [0, 0.1) is 27.2 Å². The van der Waals surface area contributed by atoms with Crippen LogP contribution in [0.15, 0.2) is 76.7 Å². The SMILES string of the molecule is CC(=NNc1ccc([N+](=O)[O-])cc1[N+](=O)[O-])c1ccc(N(C(F)F)S(=O)(=O)c2ccc(C)cc2)cc1. The molecule has 0 unspecified atom stereocenters. The molecule has 14 heteroatoms. The van der Waals surface area contributed by atoms with Gasteiger partial charge in [0.25, 0.3) is 15.7 Å². The highest BCUT2D eigenvalue weighted by Crippen LogP contribution is 2.30. The van der Waals surface area contributed by atoms with Crippen molar-refractivity contribution in [2.75, 3.05) is 9.73 Å². The molecule has 3 aromatic rings. The molecular weight excluding hydrogens is 500 g/mol. The van der Waals surface area contributed by atoms with E-state index in [1.165, 1.54) is 55.5 Å². The van der Waals surface area contributed by atoms with Gasteiger partial charge in [0.05, 0.1) is 32.2 Å². The molecule has 0 saturated carbocycles. The summed E-state index contributed by atoms with van der Waals surface area (Å²) in [6.07, 6.45) is 0. The lowest BCUT2D eigenvalue weighted by Crippen LogP contribution is -2.35. The summed E-state index contributed by atoms with van der Waals surface area (Å²) in [6, 6.07) is 13.6. The third-order valence-corrected chi connectivity index (χ3v) is 6.78. The van der Waals surface area contributed by atoms with Gasteiger partial charge in [-0.2, -0.15) is 13.9 Å². The second-order valence-electron chi connectivity index (χ2n) is 7.46. The Balaban J connectivity index is 1.87. The number of sulfonamides is 1. The average molecular weight is 519 g/mol. The van der Waals surface area contributed by atoms with Gasteiger partial charge in [-0.05, 0) is 49.7 Å². The molecule has 0 spiro atoms. The fourth-order valence-electron chi connectivity index (χ4n) is 3.12. The predicted molar refractivity (Wildman–Crippen MR) is 129 cm³/mol. The molecule has 188 valence electrons. The molecule has 0 heterocycles. The molecule has 36 heavy (non-hydrogen) atoms. The van der Waals surface area contributed by atoms with Gasteiger partial charge in [-0.25, -0.2) is 12.7 Å². The smallest absolute Gasteiger partial charge is 0.271 e. The van der Waals surface area contributed by atoms with E-state index in [0.29, 0.717) is 5.56 Å². The van der Waals surface area contributed by atoms with Crippen LogP contribution in [-0.4, -0.2) is 30.5 Å². The molecule has 0 saturated heterocycles. The van der Waals surface area contributed by atoms with E-state index in [1.54, 1.807) is 6.92 Å². The van der Waals surface area contributed by atoms with Crippen LogP contribution < -0.4 is 9.73 Å². The van der Waals surface area contributed by atoms with Gasteiger partial charge in [-0.1, -0.05) is 29.8 Å². The molecule has 0 bridgehead atoms. The number of non-ortho nitro benzene ring substituents is 1. The van der Waals surface area contributed by atoms with Crippen LogP contribution in [0.1, 0.15) is 18.1 Å². The Hall–Kier alpha value is -4.46. The first-order valence-corrected chi connectivity index (χ1v) is 11.6. The Morgan fingerprint density at radius 1 is 0.972 bits per heavy atom. The number of hydrogen-bond acceptors (Lipinski definition) is 8. The summed E-state index contributed by atoms with van der Waals surface area (Å²) < 4.78 is 53.3. The van der Waals surface area contributed by atoms with E-state index in [-0.39, 0.29) is 26.3 Å². The minimum atomic E-state index is -4.54. The topological polar surface area (TPSA) is 148 Å². The van der Waals surface area contributed by atoms with E-state index in [9.17, 15) is 37.4 Å². The van der Waals surface area contributed by atoms with Crippen LogP contribution in [0.2, 0.25) is 0 Å². The van der Waals surface area contributed by atoms with Crippen molar-refractivity contribution in [3.05, 3.63) is 98.1 Å². The summed E-state index contributed by atoms with van der Waals surface area (Å²) in [5, 5.41) is 26.1. The highest BCUT2D eigenvalue weighted by molar-refractivity contribution is 7.92. The van der Waals surface area contributed by atoms with E-state index < -0.39 is 37.8 Å². The summed E-state index contributed by atoms with van der Waals surface area (Å²) in [6.45, 7) is -0.0904. The van der Waals surface area contributed by atoms with Crippen molar-refractivity contribution in [1.29, 1.82) is 0 Å². The number of benzene rings is 3. The summed E-state index contributed by atoms with van der Waals surface area (Å²) in [7, 11) is -4.54. The number of nitrogens with one attached hydrogen (secondary N) is 1. The van der Waals surface area contributed by atoms with E-state index in [1.807, 2.05) is 0 Å². The zero-order valence-electron chi connectivity index (χ0n) is 18.8. The standard InChI is InChI=1S/C22H19F2N5O6S/c1-14-3-10-19(11-4-14)36(34,35)27(22(23)24)17-7-5-16(6-8-17)15(2)25-26-20-12-9-18(28(30)31)13-21(20)29(32)33/h3-13,22,26H,1-2H3. The lowest BCUT2D eigenvalue weighted by molar-refractivity contribution is -0.393. The van der Waals surface area contributed by atoms with Gasteiger partial charge in [0.15, 0.2) is 0 Å². The zero-order valence-corrected chi connectivity index (χ0v) is 19.6. The number of halogens is 2. The van der Waals surface area contributed by atoms with Gasteiger partial charge >= 0.3 is 12.2 Å². The third kappa shape index (κ3) is 5.60. The molecular formula is C22H19F2N5O6S. The Labute approximate surface area is 204 Å². The normalized spacial score (nSPS) is 11.9. The van der Waals surface area contributed by atoms with Crippen LogP contribution in [0.3, 0.4) is 0 Å². The molecule has 0 aromatic heterocycles. The first-order valence-electron chi connectivity index (χ1n) is 10.1. The van der Waals surface area contributed by atoms with E-state index in [2.05, 4.69) is 10.5 Å². The Morgan fingerprint density at radius 3 is 2.11 bits per heavy atom. The third-order valence-electron chi connectivity index (χ3n) is 5.03. The molecule has 0 aliphatic heterocycles. The second-order valence-corrected chi connectivity index (χ2v) is 9.28. The molecule has 0 fully saturated rings. The second kappa shape index (κ2) is 10.4. The number of rotatable bonds is 9. The maximum atomic E-state index is 13.8. The summed E-state index contributed by atoms with van der Waals surface area (Å²) in [5.41, 5.74) is 2.50. The molecule has 0 radical (unpaired) electrons. The lowest BCUT2D eigenvalue weighted by atomic mass is 10.1. The zero-order chi connectivity index (χ0) is 26.6. The molecule has 3 aromatic carbocycles. The van der Waals surface area contributed by atoms with Crippen molar-refractivity contribution in [1.82, 2.24) is 0 Å². The van der Waals surface area contributed by atoms with Crippen molar-refractivity contribution in [2.24, 2.45) is 5.10 Å². The quantitative estimate of drug-likeness (QED) is 0.180. The number of anilines is 2. The van der Waals surface area contributed by atoms with Gasteiger partial charge in [-0.3, -0.25) is 25.7 Å². The summed E-state index contributed by atoms with van der Waals surface area (Å²) >= 11 is 0. The van der Waals surface area contributed by atoms with Crippen molar-refractivity contribution < 1.29 is 27.0 Å². The van der Waals surface area contributed by atoms with Crippen LogP contribution in [0.4, 0.5) is 31.5 Å². The Bertz CT molecular complexity index is 1430. The molecule has 11 nitrogen and oxygen atoms in total. The lowest BCUT2D eigenvalue weighted by Gasteiger charge is -2.23. The minimum absolute atomic E-state index is 0.00636. The van der Waals surface area contributed by atoms with Gasteiger partial charge < -0.3 is 0 Å². The van der Waals surface area contributed by atoms with Gasteiger partial charge in [0.2, 0.25) is 0 Å². The summed E-state index contributed by atoms with van der Waals surface area (Å²) in [5.74, 6) is 0. The number of nitro groups is 2. The van der Waals surface area contributed by atoms with Crippen LogP contribution in [0.5, 0.6) is 0 Å². The number of hydrogen-bond donors (Lipinski definition) is 1. The monoisotopic (exact) mass is 519 g/mol. The van der Waals surface area contributed by atoms with E-state index in [0.717, 1.165) is 23.8 Å². The fraction of sp³-hybridized carbons (Fsp3) is 0.136. The number of hydrazone groups is 1. The van der Waals surface area contributed by atoms with Crippen LogP contribution in [-0.2, 0) is 10.0 Å². The first kappa shape index (κ1) is 26.2. The van der Waals surface area contributed by atoms with Gasteiger partial charge in [-0.15, -0.1) is 0 Å². The maximum Gasteiger partial charge on any atom is 0.328 e. The molecule has 0 aliphatic carbocycles. The highest BCUT2D eigenvalue weighted by Gasteiger charge is 2.32. The average Bonchev–Trinajstić information content (AvgIpc) is 2.82. The van der Waals surface area contributed by atoms with Gasteiger partial charge in [0.1, 0.15) is 5.69 Å². The Kier molecular flexibility index (Phi) is 7.58. The van der Waals surface area contributed by atoms with Crippen molar-refractivity contribution in [3.8, 4) is 0 Å². The molecule has 0 atom stereocenters. The summed E-state index contributed by atoms with van der Waals surface area (Å²) in [4.78, 5) is 20.2. The van der Waals surface area contributed by atoms with E-state index in [4.69, 9.17) is 0 Å². The Morgan fingerprint density at radius 2 is 1.58 bits per heavy atom. The maximum absolute atomic E-state index is 13.8. The van der Waals surface area contributed by atoms with E-state index >= 15 is 0 Å². The number of alkyl halides is 2. The predicted octanol–water partition coefficient (Wildman–Crippen LogP) is 5.07. The largest absolute Gasteiger partial charge is 0.328 e. The first-order chi connectivity index (χ1) is 16.9. The van der Waals surface area contributed by atoms with Crippen molar-refractivity contribution in [2.45, 2.75) is 25.3 Å². The van der Waals surface area contributed by atoms with Gasteiger partial charge in [0, 0.05) is 6.07 Å². The fourth-order valence-corrected chi connectivity index (χ4v) is 4.43. The molecule has 0 aliphatic rings. The van der Waals surface area contributed by atoms with Crippen LogP contribution >= 0.6 is 0 Å². The van der Waals surface area contributed by atoms with Crippen LogP contribution in [0.25, 0.3) is 0 Å². The van der Waals surface area contributed by atoms with Crippen molar-refractivity contribution >= 4 is 38.5 Å². The number of nitrogens with zero attached hydrogens (tertiary/aromatic N) is 4. The molecule has 1 N–H and O–H groups in total. The van der Waals surface area contributed by atoms with Crippen molar-refractivity contribution in [3.63, 3.8) is 0 Å². The molecule has 3 rings (SSSR count).